The third kappa shape index (κ3) is 4.65. The lowest BCUT2D eigenvalue weighted by Gasteiger charge is -2.16. The van der Waals surface area contributed by atoms with E-state index >= 15 is 0 Å². The predicted molar refractivity (Wildman–Crippen MR) is 94.1 cm³/mol. The van der Waals surface area contributed by atoms with Gasteiger partial charge in [-0.2, -0.15) is 0 Å². The largest absolute Gasteiger partial charge is 0.255 e. The maximum absolute atomic E-state index is 4.68. The van der Waals surface area contributed by atoms with Crippen LogP contribution in [-0.4, -0.2) is 13.4 Å². The lowest BCUT2D eigenvalue weighted by Crippen LogP contribution is -2.13. The van der Waals surface area contributed by atoms with Crippen LogP contribution in [0.2, 0.25) is 19.6 Å². The minimum Gasteiger partial charge on any atom is -0.255 e. The van der Waals surface area contributed by atoms with E-state index < -0.39 is 7.22 Å². The van der Waals surface area contributed by atoms with Crippen molar-refractivity contribution in [2.75, 3.05) is 0 Å². The molecule has 0 aliphatic rings. The summed E-state index contributed by atoms with van der Waals surface area (Å²) in [6.45, 7) is 9.18. The lowest BCUT2D eigenvalue weighted by atomic mass is 10.1. The molecule has 0 saturated carbocycles. The molecule has 0 bridgehead atoms. The molecule has 0 radical (unpaired) electrons. The fraction of sp³-hybridized carbons (Fsp3) is 0.235. The number of aryl methyl sites for hydroxylation is 1. The van der Waals surface area contributed by atoms with Crippen LogP contribution in [0, 0.1) is 6.92 Å². The Labute approximate surface area is 126 Å². The van der Waals surface area contributed by atoms with Crippen molar-refractivity contribution in [2.45, 2.75) is 31.5 Å². The van der Waals surface area contributed by atoms with Crippen molar-refractivity contribution in [3.63, 3.8) is 0 Å². The first-order valence-electron chi connectivity index (χ1n) is 6.83. The zero-order valence-corrected chi connectivity index (χ0v) is 14.4. The summed E-state index contributed by atoms with van der Waals surface area (Å²) in [4.78, 5) is 5.97. The van der Waals surface area contributed by atoms with Crippen LogP contribution in [0.1, 0.15) is 11.1 Å². The molecule has 0 amide bonds. The molecule has 104 valence electrons. The van der Waals surface area contributed by atoms with Crippen molar-refractivity contribution >= 4 is 30.3 Å². The molecule has 3 heteroatoms. The van der Waals surface area contributed by atoms with Crippen LogP contribution in [0.25, 0.3) is 0 Å². The third-order valence-corrected chi connectivity index (χ3v) is 6.35. The van der Waals surface area contributed by atoms with Crippen LogP contribution < -0.4 is 0 Å². The number of aliphatic imine (C=N–C) groups is 1. The smallest absolute Gasteiger partial charge is 0.114 e. The molecule has 0 saturated heterocycles. The monoisotopic (exact) mass is 299 g/mol. The average Bonchev–Trinajstić information content (AvgIpc) is 2.36. The topological polar surface area (TPSA) is 12.4 Å². The summed E-state index contributed by atoms with van der Waals surface area (Å²) in [5, 5.41) is 0. The first-order valence-corrected chi connectivity index (χ1v) is 11.9. The molecular formula is C17H21NSSi. The Balaban J connectivity index is 2.25. The van der Waals surface area contributed by atoms with Gasteiger partial charge < -0.3 is 0 Å². The van der Waals surface area contributed by atoms with Gasteiger partial charge in [-0.1, -0.05) is 61.6 Å². The van der Waals surface area contributed by atoms with E-state index in [4.69, 9.17) is 0 Å². The van der Waals surface area contributed by atoms with E-state index in [1.54, 1.807) is 0 Å². The fourth-order valence-electron chi connectivity index (χ4n) is 1.87. The quantitative estimate of drug-likeness (QED) is 0.523. The SMILES string of the molecule is Cc1cccc(C=Nc2ccccc2S[Si](C)(C)C)c1. The summed E-state index contributed by atoms with van der Waals surface area (Å²) in [5.41, 5.74) is 3.48. The van der Waals surface area contributed by atoms with E-state index in [1.165, 1.54) is 10.5 Å². The molecular weight excluding hydrogens is 278 g/mol. The van der Waals surface area contributed by atoms with Gasteiger partial charge in [-0.05, 0) is 24.6 Å². The number of hydrogen-bond donors (Lipinski definition) is 0. The number of hydrogen-bond acceptors (Lipinski definition) is 2. The molecule has 0 aliphatic carbocycles. The van der Waals surface area contributed by atoms with Crippen molar-refractivity contribution in [3.05, 3.63) is 59.7 Å². The summed E-state index contributed by atoms with van der Waals surface area (Å²) < 4.78 is 0. The second-order valence-corrected chi connectivity index (χ2v) is 15.0. The molecule has 20 heavy (non-hydrogen) atoms. The van der Waals surface area contributed by atoms with Crippen molar-refractivity contribution in [2.24, 2.45) is 4.99 Å². The van der Waals surface area contributed by atoms with Crippen LogP contribution in [0.15, 0.2) is 58.4 Å². The Bertz CT molecular complexity index is 614. The van der Waals surface area contributed by atoms with Crippen molar-refractivity contribution in [1.82, 2.24) is 0 Å². The molecule has 0 N–H and O–H groups in total. The van der Waals surface area contributed by atoms with Crippen LogP contribution in [0.3, 0.4) is 0 Å². The molecule has 0 atom stereocenters. The Morgan fingerprint density at radius 2 is 1.75 bits per heavy atom. The highest BCUT2D eigenvalue weighted by Crippen LogP contribution is 2.35. The van der Waals surface area contributed by atoms with Crippen LogP contribution in [0.5, 0.6) is 0 Å². The molecule has 2 aromatic rings. The number of rotatable bonds is 4. The van der Waals surface area contributed by atoms with Gasteiger partial charge in [-0.15, -0.1) is 11.2 Å². The molecule has 0 unspecified atom stereocenters. The summed E-state index contributed by atoms with van der Waals surface area (Å²) >= 11 is 1.99. The first-order chi connectivity index (χ1) is 9.44. The van der Waals surface area contributed by atoms with Gasteiger partial charge in [0, 0.05) is 11.1 Å². The highest BCUT2D eigenvalue weighted by atomic mass is 32.4. The normalized spacial score (nSPS) is 12.0. The second-order valence-electron chi connectivity index (χ2n) is 5.85. The van der Waals surface area contributed by atoms with Gasteiger partial charge in [-0.3, -0.25) is 4.99 Å². The highest BCUT2D eigenvalue weighted by Gasteiger charge is 2.16. The van der Waals surface area contributed by atoms with E-state index in [-0.39, 0.29) is 0 Å². The van der Waals surface area contributed by atoms with Gasteiger partial charge in [0.2, 0.25) is 0 Å². The van der Waals surface area contributed by atoms with E-state index in [9.17, 15) is 0 Å². The predicted octanol–water partition coefficient (Wildman–Crippen LogP) is 5.67. The Morgan fingerprint density at radius 3 is 2.45 bits per heavy atom. The molecule has 0 aliphatic heterocycles. The minimum absolute atomic E-state index is 1.07. The minimum atomic E-state index is -1.20. The van der Waals surface area contributed by atoms with Gasteiger partial charge in [-0.25, -0.2) is 0 Å². The van der Waals surface area contributed by atoms with E-state index in [0.717, 1.165) is 11.3 Å². The number of para-hydroxylation sites is 1. The van der Waals surface area contributed by atoms with Crippen LogP contribution >= 0.6 is 11.2 Å². The molecule has 1 nitrogen and oxygen atoms in total. The van der Waals surface area contributed by atoms with E-state index in [0.29, 0.717) is 0 Å². The molecule has 0 aromatic heterocycles. The number of benzene rings is 2. The van der Waals surface area contributed by atoms with Gasteiger partial charge in [0.15, 0.2) is 0 Å². The molecule has 2 rings (SSSR count). The summed E-state index contributed by atoms with van der Waals surface area (Å²) in [6, 6.07) is 16.8. The summed E-state index contributed by atoms with van der Waals surface area (Å²) in [5.74, 6) is 0. The Hall–Kier alpha value is -1.32. The van der Waals surface area contributed by atoms with Gasteiger partial charge in [0.05, 0.1) is 5.69 Å². The summed E-state index contributed by atoms with van der Waals surface area (Å²) in [7, 11) is -1.20. The first kappa shape index (κ1) is 15.1. The zero-order valence-electron chi connectivity index (χ0n) is 12.6. The highest BCUT2D eigenvalue weighted by molar-refractivity contribution is 8.28. The molecule has 0 spiro atoms. The van der Waals surface area contributed by atoms with E-state index in [1.807, 2.05) is 17.4 Å². The standard InChI is InChI=1S/C17H21NSSi/c1-14-8-7-9-15(12-14)13-18-16-10-5-6-11-17(16)19-20(2,3)4/h5-13H,1-4H3. The fourth-order valence-corrected chi connectivity index (χ4v) is 5.40. The van der Waals surface area contributed by atoms with Crippen LogP contribution in [-0.2, 0) is 0 Å². The summed E-state index contributed by atoms with van der Waals surface area (Å²) in [6.07, 6.45) is 1.95. The second kappa shape index (κ2) is 6.42. The van der Waals surface area contributed by atoms with Gasteiger partial charge in [0.1, 0.15) is 7.22 Å². The van der Waals surface area contributed by atoms with E-state index in [2.05, 4.69) is 80.1 Å². The zero-order chi connectivity index (χ0) is 14.6. The molecule has 0 heterocycles. The van der Waals surface area contributed by atoms with Gasteiger partial charge in [0.25, 0.3) is 0 Å². The Kier molecular flexibility index (Phi) is 4.84. The molecule has 0 fully saturated rings. The molecule has 2 aromatic carbocycles. The maximum atomic E-state index is 4.68. The van der Waals surface area contributed by atoms with Crippen molar-refractivity contribution in [3.8, 4) is 0 Å². The van der Waals surface area contributed by atoms with Gasteiger partial charge >= 0.3 is 0 Å². The van der Waals surface area contributed by atoms with Crippen LogP contribution in [0.4, 0.5) is 5.69 Å². The van der Waals surface area contributed by atoms with Crippen molar-refractivity contribution in [1.29, 1.82) is 0 Å². The number of nitrogens with zero attached hydrogens (tertiary/aromatic N) is 1. The third-order valence-electron chi connectivity index (χ3n) is 2.68. The maximum Gasteiger partial charge on any atom is 0.114 e. The van der Waals surface area contributed by atoms with Crippen molar-refractivity contribution < 1.29 is 0 Å². The Morgan fingerprint density at radius 1 is 1.00 bits per heavy atom. The lowest BCUT2D eigenvalue weighted by molar-refractivity contribution is 1.38. The average molecular weight is 300 g/mol.